The van der Waals surface area contributed by atoms with Crippen molar-refractivity contribution in [3.8, 4) is 0 Å². The zero-order chi connectivity index (χ0) is 16.9. The van der Waals surface area contributed by atoms with Crippen molar-refractivity contribution in [2.24, 2.45) is 0 Å². The molecule has 0 aliphatic heterocycles. The van der Waals surface area contributed by atoms with Crippen molar-refractivity contribution in [1.82, 2.24) is 4.98 Å². The van der Waals surface area contributed by atoms with Gasteiger partial charge in [0.25, 0.3) is 0 Å². The maximum Gasteiger partial charge on any atom is 0.235 e. The Labute approximate surface area is 141 Å². The molecular formula is C18H13ClF2N2O. The number of H-pyrrole nitrogens is 1. The fraction of sp³-hybridized carbons (Fsp3) is 0.167. The highest BCUT2D eigenvalue weighted by atomic mass is 35.5. The van der Waals surface area contributed by atoms with Crippen molar-refractivity contribution >= 4 is 34.1 Å². The second kappa shape index (κ2) is 5.31. The summed E-state index contributed by atoms with van der Waals surface area (Å²) in [4.78, 5) is 15.8. The molecule has 1 aliphatic carbocycles. The van der Waals surface area contributed by atoms with E-state index in [1.54, 1.807) is 12.3 Å². The Morgan fingerprint density at radius 2 is 1.96 bits per heavy atom. The summed E-state index contributed by atoms with van der Waals surface area (Å²) in [6.45, 7) is 0. The fourth-order valence-electron chi connectivity index (χ4n) is 3.06. The first kappa shape index (κ1) is 15.1. The molecule has 3 nitrogen and oxygen atoms in total. The Balaban J connectivity index is 1.66. The number of carbonyl (C=O) groups is 1. The maximum atomic E-state index is 13.3. The highest BCUT2D eigenvalue weighted by molar-refractivity contribution is 6.31. The second-order valence-electron chi connectivity index (χ2n) is 6.06. The van der Waals surface area contributed by atoms with Crippen molar-refractivity contribution in [2.75, 3.05) is 5.32 Å². The lowest BCUT2D eigenvalue weighted by Crippen LogP contribution is -2.27. The van der Waals surface area contributed by atoms with Gasteiger partial charge in [0.1, 0.15) is 11.6 Å². The van der Waals surface area contributed by atoms with Crippen LogP contribution in [-0.2, 0) is 10.2 Å². The Morgan fingerprint density at radius 3 is 2.67 bits per heavy atom. The minimum atomic E-state index is -0.642. The number of nitrogens with one attached hydrogen (secondary N) is 2. The number of hydrogen-bond acceptors (Lipinski definition) is 1. The number of hydrogen-bond donors (Lipinski definition) is 2. The minimum absolute atomic E-state index is 0.0415. The number of halogens is 3. The lowest BCUT2D eigenvalue weighted by atomic mass is 9.94. The number of aromatic nitrogens is 1. The standard InChI is InChI=1S/C18H13ClF2N2O/c19-14-8-11(2-4-15(14)21)23-17(24)18(5-6-18)13-9-22-16-7-10(20)1-3-12(13)16/h1-4,7-9,22H,5-6H2,(H,23,24). The Kier molecular flexibility index (Phi) is 3.35. The number of aromatic amines is 1. The van der Waals surface area contributed by atoms with Gasteiger partial charge in [0.15, 0.2) is 0 Å². The van der Waals surface area contributed by atoms with Crippen LogP contribution < -0.4 is 5.32 Å². The van der Waals surface area contributed by atoms with Crippen LogP contribution in [0.1, 0.15) is 18.4 Å². The molecule has 0 saturated heterocycles. The molecule has 1 aromatic heterocycles. The summed E-state index contributed by atoms with van der Waals surface area (Å²) in [5.74, 6) is -1.03. The molecule has 0 bridgehead atoms. The molecule has 0 spiro atoms. The predicted octanol–water partition coefficient (Wildman–Crippen LogP) is 4.77. The molecule has 1 heterocycles. The molecule has 1 fully saturated rings. The number of carbonyl (C=O) groups excluding carboxylic acids is 1. The third kappa shape index (κ3) is 2.36. The van der Waals surface area contributed by atoms with E-state index in [4.69, 9.17) is 11.6 Å². The predicted molar refractivity (Wildman–Crippen MR) is 89.2 cm³/mol. The smallest absolute Gasteiger partial charge is 0.235 e. The third-order valence-corrected chi connectivity index (χ3v) is 4.81. The molecule has 0 atom stereocenters. The molecule has 122 valence electrons. The first-order valence-corrected chi connectivity index (χ1v) is 7.91. The Bertz CT molecular complexity index is 963. The van der Waals surface area contributed by atoms with E-state index in [0.29, 0.717) is 24.0 Å². The van der Waals surface area contributed by atoms with Gasteiger partial charge in [0, 0.05) is 22.8 Å². The molecule has 0 radical (unpaired) electrons. The summed E-state index contributed by atoms with van der Waals surface area (Å²) >= 11 is 5.75. The summed E-state index contributed by atoms with van der Waals surface area (Å²) < 4.78 is 26.6. The summed E-state index contributed by atoms with van der Waals surface area (Å²) in [6, 6.07) is 8.54. The Morgan fingerprint density at radius 1 is 1.17 bits per heavy atom. The van der Waals surface area contributed by atoms with Gasteiger partial charge in [-0.15, -0.1) is 0 Å². The number of benzene rings is 2. The van der Waals surface area contributed by atoms with Gasteiger partial charge >= 0.3 is 0 Å². The second-order valence-corrected chi connectivity index (χ2v) is 6.46. The first-order valence-electron chi connectivity index (χ1n) is 7.53. The zero-order valence-corrected chi connectivity index (χ0v) is 13.3. The zero-order valence-electron chi connectivity index (χ0n) is 12.5. The average Bonchev–Trinajstić information content (AvgIpc) is 3.25. The van der Waals surface area contributed by atoms with Gasteiger partial charge in [-0.05, 0) is 54.8 Å². The number of rotatable bonds is 3. The van der Waals surface area contributed by atoms with E-state index >= 15 is 0 Å². The largest absolute Gasteiger partial charge is 0.361 e. The van der Waals surface area contributed by atoms with Gasteiger partial charge in [-0.1, -0.05) is 11.6 Å². The van der Waals surface area contributed by atoms with E-state index in [1.165, 1.54) is 30.3 Å². The quantitative estimate of drug-likeness (QED) is 0.705. The number of fused-ring (bicyclic) bond motifs is 1. The van der Waals surface area contributed by atoms with Crippen LogP contribution in [0, 0.1) is 11.6 Å². The summed E-state index contributed by atoms with van der Waals surface area (Å²) in [6.07, 6.45) is 3.17. The van der Waals surface area contributed by atoms with Crippen LogP contribution in [0.15, 0.2) is 42.6 Å². The molecule has 0 unspecified atom stereocenters. The lowest BCUT2D eigenvalue weighted by Gasteiger charge is -2.15. The van der Waals surface area contributed by atoms with Crippen LogP contribution in [0.3, 0.4) is 0 Å². The summed E-state index contributed by atoms with van der Waals surface area (Å²) in [7, 11) is 0. The SMILES string of the molecule is O=C(Nc1ccc(F)c(Cl)c1)C1(c2c[nH]c3cc(F)ccc23)CC1. The Hall–Kier alpha value is -2.40. The highest BCUT2D eigenvalue weighted by Gasteiger charge is 2.52. The average molecular weight is 347 g/mol. The van der Waals surface area contributed by atoms with Crippen molar-refractivity contribution in [3.05, 3.63) is 64.8 Å². The molecule has 2 N–H and O–H groups in total. The van der Waals surface area contributed by atoms with Gasteiger partial charge in [0.05, 0.1) is 10.4 Å². The van der Waals surface area contributed by atoms with E-state index in [2.05, 4.69) is 10.3 Å². The van der Waals surface area contributed by atoms with E-state index in [1.807, 2.05) is 0 Å². The molecule has 3 aromatic rings. The van der Waals surface area contributed by atoms with Crippen LogP contribution in [-0.4, -0.2) is 10.9 Å². The van der Waals surface area contributed by atoms with Crippen LogP contribution in [0.4, 0.5) is 14.5 Å². The normalized spacial score (nSPS) is 15.5. The van der Waals surface area contributed by atoms with Gasteiger partial charge in [-0.25, -0.2) is 8.78 Å². The fourth-order valence-corrected chi connectivity index (χ4v) is 3.24. The number of anilines is 1. The van der Waals surface area contributed by atoms with E-state index in [0.717, 1.165) is 10.9 Å². The van der Waals surface area contributed by atoms with Gasteiger partial charge < -0.3 is 10.3 Å². The molecule has 1 amide bonds. The van der Waals surface area contributed by atoms with Crippen LogP contribution in [0.25, 0.3) is 10.9 Å². The van der Waals surface area contributed by atoms with Gasteiger partial charge in [-0.3, -0.25) is 4.79 Å². The van der Waals surface area contributed by atoms with Crippen molar-refractivity contribution in [2.45, 2.75) is 18.3 Å². The molecule has 24 heavy (non-hydrogen) atoms. The molecule has 4 rings (SSSR count). The van der Waals surface area contributed by atoms with E-state index < -0.39 is 11.2 Å². The third-order valence-electron chi connectivity index (χ3n) is 4.52. The molecule has 2 aromatic carbocycles. The molecule has 6 heteroatoms. The topological polar surface area (TPSA) is 44.9 Å². The first-order chi connectivity index (χ1) is 11.5. The van der Waals surface area contributed by atoms with E-state index in [-0.39, 0.29) is 16.7 Å². The van der Waals surface area contributed by atoms with Gasteiger partial charge in [-0.2, -0.15) is 0 Å². The molecule has 1 saturated carbocycles. The minimum Gasteiger partial charge on any atom is -0.361 e. The molecular weight excluding hydrogens is 334 g/mol. The van der Waals surface area contributed by atoms with Gasteiger partial charge in [0.2, 0.25) is 5.91 Å². The highest BCUT2D eigenvalue weighted by Crippen LogP contribution is 2.51. The molecule has 1 aliphatic rings. The van der Waals surface area contributed by atoms with Crippen molar-refractivity contribution < 1.29 is 13.6 Å². The summed E-state index contributed by atoms with van der Waals surface area (Å²) in [5.41, 5.74) is 1.32. The van der Waals surface area contributed by atoms with Crippen LogP contribution >= 0.6 is 11.6 Å². The van der Waals surface area contributed by atoms with E-state index in [9.17, 15) is 13.6 Å². The monoisotopic (exact) mass is 346 g/mol. The lowest BCUT2D eigenvalue weighted by molar-refractivity contribution is -0.118. The maximum absolute atomic E-state index is 13.3. The van der Waals surface area contributed by atoms with Crippen molar-refractivity contribution in [1.29, 1.82) is 0 Å². The van der Waals surface area contributed by atoms with Crippen molar-refractivity contribution in [3.63, 3.8) is 0 Å². The van der Waals surface area contributed by atoms with Crippen LogP contribution in [0.2, 0.25) is 5.02 Å². The number of amides is 1. The summed E-state index contributed by atoms with van der Waals surface area (Å²) in [5, 5.41) is 3.59. The van der Waals surface area contributed by atoms with Crippen LogP contribution in [0.5, 0.6) is 0 Å².